The van der Waals surface area contributed by atoms with E-state index >= 15 is 0 Å². The summed E-state index contributed by atoms with van der Waals surface area (Å²) in [6.45, 7) is 13.8. The summed E-state index contributed by atoms with van der Waals surface area (Å²) in [6, 6.07) is 1.38. The first-order valence-electron chi connectivity index (χ1n) is 13.8. The lowest BCUT2D eigenvalue weighted by Crippen LogP contribution is -2.68. The van der Waals surface area contributed by atoms with Crippen molar-refractivity contribution < 1.29 is 44.5 Å². The molecule has 9 nitrogen and oxygen atoms in total. The zero-order valence-corrected chi connectivity index (χ0v) is 24.2. The maximum atomic E-state index is 11.8. The predicted molar refractivity (Wildman–Crippen MR) is 144 cm³/mol. The Kier molecular flexibility index (Phi) is 7.56. The molecule has 4 rings (SSSR count). The highest BCUT2D eigenvalue weighted by Gasteiger charge is 2.66. The molecule has 2 aliphatic heterocycles. The molecule has 1 aromatic rings. The Labute approximate surface area is 230 Å². The van der Waals surface area contributed by atoms with E-state index in [1.807, 2.05) is 33.8 Å². The Morgan fingerprint density at radius 3 is 2.44 bits per heavy atom. The molecule has 0 radical (unpaired) electrons. The van der Waals surface area contributed by atoms with E-state index in [0.717, 1.165) is 5.57 Å². The van der Waals surface area contributed by atoms with E-state index < -0.39 is 64.9 Å². The number of phenolic OH excluding ortho intramolecular Hbond substituents is 2. The molecule has 9 unspecified atom stereocenters. The third kappa shape index (κ3) is 4.71. The van der Waals surface area contributed by atoms with Gasteiger partial charge in [-0.3, -0.25) is 4.79 Å². The first-order chi connectivity index (χ1) is 18.0. The van der Waals surface area contributed by atoms with E-state index in [4.69, 9.17) is 14.2 Å². The summed E-state index contributed by atoms with van der Waals surface area (Å²) in [5.74, 6) is -2.18. The van der Waals surface area contributed by atoms with Gasteiger partial charge in [0.2, 0.25) is 0 Å². The molecule has 3 aliphatic rings. The van der Waals surface area contributed by atoms with Crippen LogP contribution in [-0.4, -0.2) is 67.1 Å². The maximum Gasteiger partial charge on any atom is 0.303 e. The van der Waals surface area contributed by atoms with Crippen molar-refractivity contribution in [3.05, 3.63) is 28.8 Å². The number of aromatic hydroxyl groups is 2. The fraction of sp³-hybridized carbons (Fsp3) is 0.700. The van der Waals surface area contributed by atoms with Gasteiger partial charge in [0, 0.05) is 36.2 Å². The molecule has 0 bridgehead atoms. The van der Waals surface area contributed by atoms with E-state index in [1.54, 1.807) is 20.8 Å². The van der Waals surface area contributed by atoms with Crippen LogP contribution in [-0.2, 0) is 14.3 Å². The minimum Gasteiger partial charge on any atom is -0.507 e. The molecule has 0 spiro atoms. The smallest absolute Gasteiger partial charge is 0.303 e. The zero-order valence-electron chi connectivity index (χ0n) is 24.2. The number of ether oxygens (including phenoxy) is 3. The first-order valence-corrected chi connectivity index (χ1v) is 13.8. The van der Waals surface area contributed by atoms with Gasteiger partial charge < -0.3 is 39.7 Å². The topological polar surface area (TPSA) is 146 Å². The second-order valence-electron chi connectivity index (χ2n) is 12.7. The zero-order chi connectivity index (χ0) is 29.2. The summed E-state index contributed by atoms with van der Waals surface area (Å²) >= 11 is 0. The van der Waals surface area contributed by atoms with Crippen LogP contribution in [0.15, 0.2) is 17.7 Å². The highest BCUT2D eigenvalue weighted by atomic mass is 16.5. The second-order valence-corrected chi connectivity index (χ2v) is 12.7. The van der Waals surface area contributed by atoms with Gasteiger partial charge >= 0.3 is 5.97 Å². The van der Waals surface area contributed by atoms with E-state index in [2.05, 4.69) is 0 Å². The highest BCUT2D eigenvalue weighted by molar-refractivity contribution is 5.67. The number of aliphatic hydroxyl groups excluding tert-OH is 2. The molecule has 218 valence electrons. The third-order valence-corrected chi connectivity index (χ3v) is 9.59. The standard InChI is InChI=1S/C30H44O9/c1-9-14(2)25(37-16(4)31)15(3)17-12-18(32)22-24(35)27-29(7,39-26(22)23(17)34)11-10-20-30(27,8)19(33)13-21(38-20)28(5,6)36/h9,12,15,19-21,24-25,27,32-36H,10-11,13H2,1-8H3/b14-9+. The lowest BCUT2D eigenvalue weighted by Gasteiger charge is -2.62. The maximum absolute atomic E-state index is 11.8. The molecule has 0 aromatic heterocycles. The fourth-order valence-electron chi connectivity index (χ4n) is 7.23. The van der Waals surface area contributed by atoms with E-state index in [9.17, 15) is 30.3 Å². The average molecular weight is 549 g/mol. The summed E-state index contributed by atoms with van der Waals surface area (Å²) in [4.78, 5) is 11.8. The van der Waals surface area contributed by atoms with Crippen LogP contribution in [0.25, 0.3) is 0 Å². The summed E-state index contributed by atoms with van der Waals surface area (Å²) in [5, 5.41) is 56.5. The Morgan fingerprint density at radius 2 is 1.87 bits per heavy atom. The molecular formula is C30H44O9. The van der Waals surface area contributed by atoms with Gasteiger partial charge in [-0.05, 0) is 59.1 Å². The fourth-order valence-corrected chi connectivity index (χ4v) is 7.23. The molecule has 39 heavy (non-hydrogen) atoms. The first kappa shape index (κ1) is 29.6. The molecule has 0 amide bonds. The summed E-state index contributed by atoms with van der Waals surface area (Å²) in [7, 11) is 0. The van der Waals surface area contributed by atoms with Gasteiger partial charge in [-0.15, -0.1) is 0 Å². The number of hydrogen-bond acceptors (Lipinski definition) is 9. The molecule has 1 aliphatic carbocycles. The number of carbonyl (C=O) groups is 1. The van der Waals surface area contributed by atoms with Crippen LogP contribution >= 0.6 is 0 Å². The van der Waals surface area contributed by atoms with Crippen LogP contribution in [0.2, 0.25) is 0 Å². The lowest BCUT2D eigenvalue weighted by atomic mass is 9.52. The van der Waals surface area contributed by atoms with Gasteiger partial charge in [-0.2, -0.15) is 0 Å². The number of phenols is 2. The van der Waals surface area contributed by atoms with Gasteiger partial charge in [0.05, 0.1) is 35.6 Å². The lowest BCUT2D eigenvalue weighted by molar-refractivity contribution is -0.289. The van der Waals surface area contributed by atoms with Crippen LogP contribution in [0, 0.1) is 11.3 Å². The number of rotatable bonds is 5. The Morgan fingerprint density at radius 1 is 1.23 bits per heavy atom. The predicted octanol–water partition coefficient (Wildman–Crippen LogP) is 3.99. The minimum atomic E-state index is -1.28. The molecule has 2 heterocycles. The van der Waals surface area contributed by atoms with Crippen LogP contribution in [0.4, 0.5) is 0 Å². The number of aliphatic hydroxyl groups is 3. The Bertz CT molecular complexity index is 1150. The second kappa shape index (κ2) is 9.94. The number of carbonyl (C=O) groups excluding carboxylic acids is 1. The normalized spacial score (nSPS) is 36.1. The molecule has 1 aromatic carbocycles. The SMILES string of the molecule is C/C=C(\C)C(OC(C)=O)C(C)c1cc(O)c2c(c1O)OC1(C)CCC3OC(C(C)(C)O)CC(O)C3(C)C1C2O. The third-order valence-electron chi connectivity index (χ3n) is 9.59. The molecule has 9 heteroatoms. The highest BCUT2D eigenvalue weighted by Crippen LogP contribution is 2.64. The van der Waals surface area contributed by atoms with Crippen LogP contribution < -0.4 is 4.74 Å². The Balaban J connectivity index is 1.78. The Hall–Kier alpha value is -2.33. The van der Waals surface area contributed by atoms with E-state index in [-0.39, 0.29) is 29.2 Å². The van der Waals surface area contributed by atoms with Gasteiger partial charge in [0.1, 0.15) is 17.5 Å². The van der Waals surface area contributed by atoms with Crippen molar-refractivity contribution in [1.82, 2.24) is 0 Å². The number of allylic oxidation sites excluding steroid dienone is 1. The van der Waals surface area contributed by atoms with E-state index in [0.29, 0.717) is 18.4 Å². The van der Waals surface area contributed by atoms with Gasteiger partial charge in [0.25, 0.3) is 0 Å². The molecule has 9 atom stereocenters. The summed E-state index contributed by atoms with van der Waals surface area (Å²) < 4.78 is 18.4. The molecule has 1 saturated heterocycles. The summed E-state index contributed by atoms with van der Waals surface area (Å²) in [6.07, 6.45) is -0.945. The van der Waals surface area contributed by atoms with Crippen molar-refractivity contribution in [3.8, 4) is 17.2 Å². The van der Waals surface area contributed by atoms with E-state index in [1.165, 1.54) is 13.0 Å². The molecule has 5 N–H and O–H groups in total. The number of fused-ring (bicyclic) bond motifs is 4. The molecular weight excluding hydrogens is 504 g/mol. The average Bonchev–Trinajstić information content (AvgIpc) is 2.83. The number of hydrogen-bond donors (Lipinski definition) is 5. The van der Waals surface area contributed by atoms with Crippen LogP contribution in [0.5, 0.6) is 17.2 Å². The minimum absolute atomic E-state index is 0.00885. The van der Waals surface area contributed by atoms with Gasteiger partial charge in [0.15, 0.2) is 11.5 Å². The van der Waals surface area contributed by atoms with Crippen molar-refractivity contribution in [2.45, 2.75) is 122 Å². The van der Waals surface area contributed by atoms with Crippen molar-refractivity contribution in [2.24, 2.45) is 11.3 Å². The van der Waals surface area contributed by atoms with Gasteiger partial charge in [-0.25, -0.2) is 0 Å². The van der Waals surface area contributed by atoms with Gasteiger partial charge in [-0.1, -0.05) is 19.9 Å². The molecule has 2 fully saturated rings. The molecule has 1 saturated carbocycles. The van der Waals surface area contributed by atoms with Crippen molar-refractivity contribution in [2.75, 3.05) is 0 Å². The number of esters is 1. The largest absolute Gasteiger partial charge is 0.507 e. The van der Waals surface area contributed by atoms with Crippen molar-refractivity contribution in [1.29, 1.82) is 0 Å². The van der Waals surface area contributed by atoms with Crippen molar-refractivity contribution >= 4 is 5.97 Å². The van der Waals surface area contributed by atoms with Crippen LogP contribution in [0.3, 0.4) is 0 Å². The summed E-state index contributed by atoms with van der Waals surface area (Å²) in [5.41, 5.74) is -1.95. The van der Waals surface area contributed by atoms with Crippen molar-refractivity contribution in [3.63, 3.8) is 0 Å². The quantitative estimate of drug-likeness (QED) is 0.209. The number of benzene rings is 1. The monoisotopic (exact) mass is 548 g/mol. The van der Waals surface area contributed by atoms with Crippen LogP contribution in [0.1, 0.15) is 97.8 Å².